The van der Waals surface area contributed by atoms with Gasteiger partial charge in [0.15, 0.2) is 0 Å². The second-order valence-electron chi connectivity index (χ2n) is 4.26. The molecule has 0 unspecified atom stereocenters. The van der Waals surface area contributed by atoms with Crippen molar-refractivity contribution in [2.45, 2.75) is 13.8 Å². The third-order valence-electron chi connectivity index (χ3n) is 1.90. The molecule has 2 amide bonds. The maximum atomic E-state index is 11.0. The maximum Gasteiger partial charge on any atom is 0.309 e. The van der Waals surface area contributed by atoms with Gasteiger partial charge in [-0.2, -0.15) is 0 Å². The van der Waals surface area contributed by atoms with E-state index in [2.05, 4.69) is 10.6 Å². The molecule has 96 valence electrons. The van der Waals surface area contributed by atoms with Crippen molar-refractivity contribution < 1.29 is 9.59 Å². The van der Waals surface area contributed by atoms with Crippen LogP contribution in [0.4, 0.5) is 0 Å². The fourth-order valence-electron chi connectivity index (χ4n) is 0.876. The van der Waals surface area contributed by atoms with E-state index >= 15 is 0 Å². The Morgan fingerprint density at radius 3 is 2.00 bits per heavy atom. The number of carbonyl (C=O) groups excluding carboxylic acids is 2. The number of nitrogens with two attached hydrogens (primary N) is 2. The van der Waals surface area contributed by atoms with E-state index in [1.807, 2.05) is 13.8 Å². The third-order valence-corrected chi connectivity index (χ3v) is 2.60. The molecule has 0 saturated heterocycles. The highest BCUT2D eigenvalue weighted by atomic mass is 32.1. The van der Waals surface area contributed by atoms with Crippen LogP contribution >= 0.6 is 24.4 Å². The number of hydrogen-bond acceptors (Lipinski definition) is 4. The van der Waals surface area contributed by atoms with E-state index in [1.165, 1.54) is 0 Å². The molecule has 0 aromatic heterocycles. The molecule has 0 aliphatic carbocycles. The van der Waals surface area contributed by atoms with Gasteiger partial charge in [-0.15, -0.1) is 0 Å². The number of thiocarbonyl (C=S) groups is 2. The molecule has 0 saturated carbocycles. The summed E-state index contributed by atoms with van der Waals surface area (Å²) in [5, 5.41) is 5.29. The average Bonchev–Trinajstić information content (AvgIpc) is 2.22. The van der Waals surface area contributed by atoms with Gasteiger partial charge in [-0.3, -0.25) is 9.59 Å². The zero-order valence-corrected chi connectivity index (χ0v) is 11.3. The Labute approximate surface area is 110 Å². The van der Waals surface area contributed by atoms with E-state index in [0.29, 0.717) is 11.5 Å². The molecule has 0 bridgehead atoms. The van der Waals surface area contributed by atoms with Crippen LogP contribution in [0.3, 0.4) is 0 Å². The van der Waals surface area contributed by atoms with Gasteiger partial charge in [0.25, 0.3) is 0 Å². The fourth-order valence-corrected chi connectivity index (χ4v) is 1.02. The van der Waals surface area contributed by atoms with Crippen LogP contribution in [0.5, 0.6) is 0 Å². The molecule has 0 fully saturated rings. The second kappa shape index (κ2) is 6.45. The van der Waals surface area contributed by atoms with Crippen molar-refractivity contribution in [3.05, 3.63) is 0 Å². The Morgan fingerprint density at radius 2 is 1.59 bits per heavy atom. The molecule has 0 radical (unpaired) electrons. The largest absolute Gasteiger partial charge is 0.388 e. The molecule has 0 aliphatic rings. The zero-order chi connectivity index (χ0) is 13.6. The second-order valence-corrected chi connectivity index (χ2v) is 5.11. The Balaban J connectivity index is 4.12. The minimum absolute atomic E-state index is 0.122. The lowest BCUT2D eigenvalue weighted by Crippen LogP contribution is -2.46. The summed E-state index contributed by atoms with van der Waals surface area (Å²) in [6.07, 6.45) is 0. The van der Waals surface area contributed by atoms with E-state index in [9.17, 15) is 9.59 Å². The lowest BCUT2D eigenvalue weighted by atomic mass is 9.93. The molecule has 8 heteroatoms. The first-order valence-electron chi connectivity index (χ1n) is 4.81. The molecule has 17 heavy (non-hydrogen) atoms. The molecule has 0 spiro atoms. The summed E-state index contributed by atoms with van der Waals surface area (Å²) in [7, 11) is 0. The molecular formula is C9H16N4O2S2. The van der Waals surface area contributed by atoms with Gasteiger partial charge in [0.05, 0.1) is 0 Å². The van der Waals surface area contributed by atoms with E-state index in [4.69, 9.17) is 35.9 Å². The van der Waals surface area contributed by atoms with Gasteiger partial charge in [0, 0.05) is 13.1 Å². The van der Waals surface area contributed by atoms with Gasteiger partial charge in [-0.1, -0.05) is 38.3 Å². The normalized spacial score (nSPS) is 10.5. The number of nitrogens with one attached hydrogen (secondary N) is 2. The Hall–Kier alpha value is -1.28. The van der Waals surface area contributed by atoms with Crippen molar-refractivity contribution in [2.24, 2.45) is 16.9 Å². The van der Waals surface area contributed by atoms with Crippen molar-refractivity contribution in [3.8, 4) is 0 Å². The highest BCUT2D eigenvalue weighted by Crippen LogP contribution is 2.11. The van der Waals surface area contributed by atoms with Crippen LogP contribution in [0.25, 0.3) is 0 Å². The molecule has 6 N–H and O–H groups in total. The van der Waals surface area contributed by atoms with Gasteiger partial charge in [-0.25, -0.2) is 0 Å². The molecule has 0 heterocycles. The number of amides is 2. The first-order valence-corrected chi connectivity index (χ1v) is 5.62. The summed E-state index contributed by atoms with van der Waals surface area (Å²) in [5.41, 5.74) is 9.81. The van der Waals surface area contributed by atoms with Crippen LogP contribution in [0.15, 0.2) is 0 Å². The van der Waals surface area contributed by atoms with E-state index in [-0.39, 0.29) is 16.9 Å². The summed E-state index contributed by atoms with van der Waals surface area (Å²) in [6.45, 7) is 4.50. The quantitative estimate of drug-likeness (QED) is 0.380. The summed E-state index contributed by atoms with van der Waals surface area (Å²) < 4.78 is 0. The Morgan fingerprint density at radius 1 is 1.12 bits per heavy atom. The average molecular weight is 276 g/mol. The van der Waals surface area contributed by atoms with Crippen molar-refractivity contribution in [3.63, 3.8) is 0 Å². The number of primary amides is 1. The molecule has 0 atom stereocenters. The molecular weight excluding hydrogens is 260 g/mol. The van der Waals surface area contributed by atoms with Crippen LogP contribution in [-0.4, -0.2) is 34.9 Å². The van der Waals surface area contributed by atoms with Crippen LogP contribution < -0.4 is 22.1 Å². The van der Waals surface area contributed by atoms with E-state index in [0.717, 1.165) is 0 Å². The third kappa shape index (κ3) is 6.80. The highest BCUT2D eigenvalue weighted by Gasteiger charge is 2.20. The molecule has 0 aromatic rings. The van der Waals surface area contributed by atoms with E-state index < -0.39 is 11.8 Å². The van der Waals surface area contributed by atoms with Crippen LogP contribution in [0, 0.1) is 5.41 Å². The fraction of sp³-hybridized carbons (Fsp3) is 0.556. The van der Waals surface area contributed by atoms with Gasteiger partial charge >= 0.3 is 11.8 Å². The van der Waals surface area contributed by atoms with Gasteiger partial charge in [0.1, 0.15) is 9.98 Å². The molecule has 0 aliphatic heterocycles. The summed E-state index contributed by atoms with van der Waals surface area (Å²) in [4.78, 5) is 21.9. The first kappa shape index (κ1) is 15.7. The maximum absolute atomic E-state index is 11.0. The SMILES string of the molecule is CC(C)(CNC(=O)C(N)=O)CNC(=S)C(N)=S. The minimum atomic E-state index is -1.01. The van der Waals surface area contributed by atoms with Crippen molar-refractivity contribution in [1.82, 2.24) is 10.6 Å². The lowest BCUT2D eigenvalue weighted by molar-refractivity contribution is -0.137. The first-order chi connectivity index (χ1) is 7.65. The van der Waals surface area contributed by atoms with Gasteiger partial charge in [0.2, 0.25) is 0 Å². The van der Waals surface area contributed by atoms with Crippen molar-refractivity contribution >= 4 is 46.2 Å². The van der Waals surface area contributed by atoms with Crippen LogP contribution in [-0.2, 0) is 9.59 Å². The summed E-state index contributed by atoms with van der Waals surface area (Å²) in [5.74, 6) is -1.82. The van der Waals surface area contributed by atoms with Crippen LogP contribution in [0.1, 0.15) is 13.8 Å². The smallest absolute Gasteiger partial charge is 0.309 e. The lowest BCUT2D eigenvalue weighted by Gasteiger charge is -2.25. The molecule has 0 aromatic carbocycles. The number of rotatable bonds is 4. The summed E-state index contributed by atoms with van der Waals surface area (Å²) in [6, 6.07) is 0. The predicted octanol–water partition coefficient (Wildman–Crippen LogP) is -1.18. The Kier molecular flexibility index (Phi) is 5.97. The van der Waals surface area contributed by atoms with Crippen LogP contribution in [0.2, 0.25) is 0 Å². The molecule has 6 nitrogen and oxygen atoms in total. The van der Waals surface area contributed by atoms with Crippen molar-refractivity contribution in [1.29, 1.82) is 0 Å². The zero-order valence-electron chi connectivity index (χ0n) is 9.70. The van der Waals surface area contributed by atoms with Gasteiger partial charge < -0.3 is 22.1 Å². The predicted molar refractivity (Wildman–Crippen MR) is 73.4 cm³/mol. The van der Waals surface area contributed by atoms with Crippen molar-refractivity contribution in [2.75, 3.05) is 13.1 Å². The monoisotopic (exact) mass is 276 g/mol. The van der Waals surface area contributed by atoms with Gasteiger partial charge in [-0.05, 0) is 5.41 Å². The topological polar surface area (TPSA) is 110 Å². The standard InChI is InChI=1S/C9H16N4O2S2/c1-9(2,3-12-7(15)5(10)14)4-13-8(17)6(11)16/h3-4H2,1-2H3,(H2,10,14)(H2,11,16)(H,12,15)(H,13,17). The summed E-state index contributed by atoms with van der Waals surface area (Å²) >= 11 is 9.57. The highest BCUT2D eigenvalue weighted by molar-refractivity contribution is 7.89. The van der Waals surface area contributed by atoms with E-state index in [1.54, 1.807) is 0 Å². The molecule has 0 rings (SSSR count). The minimum Gasteiger partial charge on any atom is -0.388 e. The Bertz CT molecular complexity index is 323. The number of hydrogen-bond donors (Lipinski definition) is 4. The number of carbonyl (C=O) groups is 2.